The minimum absolute atomic E-state index is 0.156. The fourth-order valence-electron chi connectivity index (χ4n) is 1.41. The van der Waals surface area contributed by atoms with E-state index < -0.39 is 25.9 Å². The molecule has 114 valence electrons. The zero-order valence-electron chi connectivity index (χ0n) is 11.9. The normalized spacial score (nSPS) is 15.0. The molecule has 0 aliphatic heterocycles. The van der Waals surface area contributed by atoms with Gasteiger partial charge in [-0.1, -0.05) is 6.07 Å². The van der Waals surface area contributed by atoms with E-state index in [0.29, 0.717) is 5.56 Å². The fourth-order valence-corrected chi connectivity index (χ4v) is 3.10. The summed E-state index contributed by atoms with van der Waals surface area (Å²) in [6.45, 7) is 4.62. The molecule has 2 atom stereocenters. The van der Waals surface area contributed by atoms with Gasteiger partial charge in [0, 0.05) is 0 Å². The molecule has 1 unspecified atom stereocenters. The Hall–Kier alpha value is -1.87. The number of nitrogens with one attached hydrogen (secondary N) is 1. The third kappa shape index (κ3) is 5.56. The van der Waals surface area contributed by atoms with Crippen molar-refractivity contribution in [2.45, 2.75) is 32.9 Å². The Morgan fingerprint density at radius 1 is 1.43 bits per heavy atom. The average Bonchev–Trinajstić information content (AvgIpc) is 2.37. The Morgan fingerprint density at radius 2 is 2.10 bits per heavy atom. The molecule has 0 amide bonds. The van der Waals surface area contributed by atoms with Crippen molar-refractivity contribution in [2.24, 2.45) is 0 Å². The minimum atomic E-state index is -3.88. The fraction of sp³-hybridized carbons (Fsp3) is 0.385. The van der Waals surface area contributed by atoms with Crippen molar-refractivity contribution in [3.05, 3.63) is 29.8 Å². The van der Waals surface area contributed by atoms with Crippen LogP contribution in [0.1, 0.15) is 26.3 Å². The number of hydrogen-bond acceptors (Lipinski definition) is 5. The maximum atomic E-state index is 12.6. The van der Waals surface area contributed by atoms with Crippen molar-refractivity contribution >= 4 is 13.7 Å². The molecule has 0 aliphatic carbocycles. The summed E-state index contributed by atoms with van der Waals surface area (Å²) >= 11 is 0. The number of nitriles is 1. The number of hydrogen-bond donors (Lipinski definition) is 2. The Morgan fingerprint density at radius 3 is 2.62 bits per heavy atom. The highest BCUT2D eigenvalue weighted by atomic mass is 31.2. The lowest BCUT2D eigenvalue weighted by atomic mass is 10.2. The standard InChI is InChI=1S/C13H17N2O5P/c1-9(2)19-21(18,15-10(3)13(16)17)20-12-6-4-5-11(7-12)8-14/h4-7,9-10H,1-3H3,(H,15,18)(H,16,17)/t10-,21?/m0/s1. The van der Waals surface area contributed by atoms with Crippen LogP contribution in [0.15, 0.2) is 24.3 Å². The van der Waals surface area contributed by atoms with Crippen LogP contribution in [0.25, 0.3) is 0 Å². The summed E-state index contributed by atoms with van der Waals surface area (Å²) in [6, 6.07) is 6.84. The molecule has 1 rings (SSSR count). The van der Waals surface area contributed by atoms with Crippen LogP contribution >= 0.6 is 7.75 Å². The van der Waals surface area contributed by atoms with Gasteiger partial charge in [-0.05, 0) is 39.0 Å². The molecule has 0 bridgehead atoms. The van der Waals surface area contributed by atoms with Crippen LogP contribution < -0.4 is 9.61 Å². The van der Waals surface area contributed by atoms with Crippen LogP contribution in [-0.4, -0.2) is 23.2 Å². The number of carboxylic acids is 1. The summed E-state index contributed by atoms with van der Waals surface area (Å²) < 4.78 is 23.1. The molecule has 8 heteroatoms. The molecule has 0 saturated carbocycles. The third-order valence-electron chi connectivity index (χ3n) is 2.26. The summed E-state index contributed by atoms with van der Waals surface area (Å²) in [5.74, 6) is -1.03. The van der Waals surface area contributed by atoms with Gasteiger partial charge in [0.2, 0.25) is 0 Å². The lowest BCUT2D eigenvalue weighted by molar-refractivity contribution is -0.138. The number of aliphatic carboxylic acids is 1. The van der Waals surface area contributed by atoms with Crippen LogP contribution in [0, 0.1) is 11.3 Å². The van der Waals surface area contributed by atoms with Gasteiger partial charge in [0.1, 0.15) is 11.8 Å². The zero-order chi connectivity index (χ0) is 16.0. The molecule has 7 nitrogen and oxygen atoms in total. The average molecular weight is 312 g/mol. The number of carboxylic acid groups (broad SMARTS) is 1. The Labute approximate surface area is 123 Å². The van der Waals surface area contributed by atoms with E-state index in [9.17, 15) is 9.36 Å². The first-order valence-electron chi connectivity index (χ1n) is 6.24. The SMILES string of the molecule is CC(C)OP(=O)(N[C@@H](C)C(=O)O)Oc1cccc(C#N)c1. The maximum absolute atomic E-state index is 12.6. The van der Waals surface area contributed by atoms with Crippen LogP contribution in [0.3, 0.4) is 0 Å². The minimum Gasteiger partial charge on any atom is -0.480 e. The van der Waals surface area contributed by atoms with Crippen LogP contribution in [0.2, 0.25) is 0 Å². The molecular weight excluding hydrogens is 295 g/mol. The number of nitrogens with zero attached hydrogens (tertiary/aromatic N) is 1. The molecule has 21 heavy (non-hydrogen) atoms. The Balaban J connectivity index is 2.99. The molecular formula is C13H17N2O5P. The Bertz CT molecular complexity index is 596. The van der Waals surface area contributed by atoms with Gasteiger partial charge in [-0.2, -0.15) is 10.3 Å². The molecule has 0 aliphatic rings. The van der Waals surface area contributed by atoms with Gasteiger partial charge in [-0.3, -0.25) is 9.32 Å². The summed E-state index contributed by atoms with van der Waals surface area (Å²) in [7, 11) is -3.88. The van der Waals surface area contributed by atoms with Gasteiger partial charge in [-0.15, -0.1) is 0 Å². The smallest absolute Gasteiger partial charge is 0.459 e. The molecule has 1 aromatic carbocycles. The van der Waals surface area contributed by atoms with E-state index in [0.717, 1.165) is 0 Å². The third-order valence-corrected chi connectivity index (χ3v) is 4.11. The lowest BCUT2D eigenvalue weighted by Crippen LogP contribution is -2.34. The van der Waals surface area contributed by atoms with Crippen molar-refractivity contribution in [3.8, 4) is 11.8 Å². The first-order valence-corrected chi connectivity index (χ1v) is 7.79. The highest BCUT2D eigenvalue weighted by molar-refractivity contribution is 7.52. The van der Waals surface area contributed by atoms with E-state index in [2.05, 4.69) is 5.09 Å². The second-order valence-electron chi connectivity index (χ2n) is 4.57. The van der Waals surface area contributed by atoms with Crippen LogP contribution in [-0.2, 0) is 13.9 Å². The predicted octanol–water partition coefficient (Wildman–Crippen LogP) is 2.53. The molecule has 0 spiro atoms. The summed E-state index contributed by atoms with van der Waals surface area (Å²) in [5, 5.41) is 20.1. The Kier molecular flexibility index (Phi) is 5.91. The first kappa shape index (κ1) is 17.2. The van der Waals surface area contributed by atoms with E-state index in [1.165, 1.54) is 19.1 Å². The van der Waals surface area contributed by atoms with Gasteiger partial charge in [0.05, 0.1) is 17.7 Å². The van der Waals surface area contributed by atoms with Crippen molar-refractivity contribution in [1.29, 1.82) is 5.26 Å². The van der Waals surface area contributed by atoms with Crippen molar-refractivity contribution in [3.63, 3.8) is 0 Å². The van der Waals surface area contributed by atoms with Crippen molar-refractivity contribution < 1.29 is 23.5 Å². The first-order chi connectivity index (χ1) is 9.75. The quantitative estimate of drug-likeness (QED) is 0.744. The topological polar surface area (TPSA) is 109 Å². The van der Waals surface area contributed by atoms with E-state index in [-0.39, 0.29) is 5.75 Å². The highest BCUT2D eigenvalue weighted by Gasteiger charge is 2.32. The lowest BCUT2D eigenvalue weighted by Gasteiger charge is -2.23. The zero-order valence-corrected chi connectivity index (χ0v) is 12.8. The van der Waals surface area contributed by atoms with E-state index in [1.54, 1.807) is 26.0 Å². The molecule has 1 aromatic rings. The molecule has 0 radical (unpaired) electrons. The summed E-state index contributed by atoms with van der Waals surface area (Å²) in [5.41, 5.74) is 0.329. The number of carbonyl (C=O) groups is 1. The number of benzene rings is 1. The highest BCUT2D eigenvalue weighted by Crippen LogP contribution is 2.46. The van der Waals surface area contributed by atoms with Gasteiger partial charge in [0.25, 0.3) is 0 Å². The predicted molar refractivity (Wildman–Crippen MR) is 75.8 cm³/mol. The largest absolute Gasteiger partial charge is 0.480 e. The van der Waals surface area contributed by atoms with Crippen molar-refractivity contribution in [1.82, 2.24) is 5.09 Å². The molecule has 0 saturated heterocycles. The van der Waals surface area contributed by atoms with E-state index >= 15 is 0 Å². The van der Waals surface area contributed by atoms with Gasteiger partial charge in [-0.25, -0.2) is 4.57 Å². The monoisotopic (exact) mass is 312 g/mol. The second-order valence-corrected chi connectivity index (χ2v) is 6.22. The van der Waals surface area contributed by atoms with Gasteiger partial charge >= 0.3 is 13.7 Å². The van der Waals surface area contributed by atoms with Gasteiger partial charge < -0.3 is 9.63 Å². The van der Waals surface area contributed by atoms with Crippen LogP contribution in [0.4, 0.5) is 0 Å². The second kappa shape index (κ2) is 7.23. The number of rotatable bonds is 7. The molecule has 2 N–H and O–H groups in total. The molecule has 0 aromatic heterocycles. The van der Waals surface area contributed by atoms with Crippen LogP contribution in [0.5, 0.6) is 5.75 Å². The summed E-state index contributed by atoms with van der Waals surface area (Å²) in [4.78, 5) is 10.9. The van der Waals surface area contributed by atoms with E-state index in [4.69, 9.17) is 19.4 Å². The molecule has 0 heterocycles. The molecule has 0 fully saturated rings. The van der Waals surface area contributed by atoms with Gasteiger partial charge in [0.15, 0.2) is 0 Å². The summed E-state index contributed by atoms with van der Waals surface area (Å²) in [6.07, 6.45) is -0.441. The van der Waals surface area contributed by atoms with E-state index in [1.807, 2.05) is 6.07 Å². The maximum Gasteiger partial charge on any atom is 0.459 e. The van der Waals surface area contributed by atoms with Crippen molar-refractivity contribution in [2.75, 3.05) is 0 Å².